The van der Waals surface area contributed by atoms with Crippen molar-refractivity contribution in [3.05, 3.63) is 35.5 Å². The van der Waals surface area contributed by atoms with E-state index in [4.69, 9.17) is 9.47 Å². The van der Waals surface area contributed by atoms with Crippen LogP contribution in [-0.2, 0) is 19.1 Å². The molecule has 1 saturated carbocycles. The number of hydrogen-bond acceptors (Lipinski definition) is 6. The Kier molecular flexibility index (Phi) is 3.24. The van der Waals surface area contributed by atoms with Crippen LogP contribution >= 0.6 is 0 Å². The summed E-state index contributed by atoms with van der Waals surface area (Å²) in [5, 5.41) is 20.1. The standard InChI is InChI=1S/C20H18N2O4/c1-12(23)25-15-8-14-4-3-5-20-16(26-13(2)24)9-18(20,10-21)6-7-19(15,11-22)17(14)20/h3,5-7,15-16H,4,8-9H2,1-2H3/t15-,16?,18-,19+,20-/m1/s1. The van der Waals surface area contributed by atoms with Gasteiger partial charge >= 0.3 is 11.9 Å². The van der Waals surface area contributed by atoms with E-state index in [2.05, 4.69) is 12.1 Å². The molecule has 0 aromatic rings. The highest BCUT2D eigenvalue weighted by Gasteiger charge is 2.75. The zero-order valence-electron chi connectivity index (χ0n) is 14.6. The van der Waals surface area contributed by atoms with Crippen LogP contribution in [0.5, 0.6) is 0 Å². The number of carbonyl (C=O) groups excluding carboxylic acids is 2. The molecule has 6 nitrogen and oxygen atoms in total. The van der Waals surface area contributed by atoms with E-state index in [0.717, 1.165) is 11.1 Å². The molecule has 1 fully saturated rings. The van der Waals surface area contributed by atoms with E-state index in [0.29, 0.717) is 19.3 Å². The molecule has 5 atom stereocenters. The molecule has 4 rings (SSSR count). The van der Waals surface area contributed by atoms with Gasteiger partial charge in [-0.2, -0.15) is 10.5 Å². The average molecular weight is 350 g/mol. The zero-order chi connectivity index (χ0) is 18.7. The van der Waals surface area contributed by atoms with Crippen molar-refractivity contribution in [2.75, 3.05) is 0 Å². The van der Waals surface area contributed by atoms with E-state index >= 15 is 0 Å². The van der Waals surface area contributed by atoms with Crippen molar-refractivity contribution in [3.8, 4) is 12.1 Å². The molecule has 26 heavy (non-hydrogen) atoms. The largest absolute Gasteiger partial charge is 0.461 e. The summed E-state index contributed by atoms with van der Waals surface area (Å²) < 4.78 is 11.0. The third-order valence-electron chi connectivity index (χ3n) is 6.25. The molecule has 0 aromatic heterocycles. The summed E-state index contributed by atoms with van der Waals surface area (Å²) in [6, 6.07) is 4.75. The Morgan fingerprint density at radius 2 is 1.77 bits per heavy atom. The predicted molar refractivity (Wildman–Crippen MR) is 88.8 cm³/mol. The molecule has 0 aliphatic heterocycles. The second-order valence-corrected chi connectivity index (χ2v) is 7.46. The van der Waals surface area contributed by atoms with Gasteiger partial charge in [-0.05, 0) is 12.0 Å². The molecule has 4 aliphatic carbocycles. The number of carbonyl (C=O) groups is 2. The summed E-state index contributed by atoms with van der Waals surface area (Å²) in [7, 11) is 0. The third-order valence-corrected chi connectivity index (χ3v) is 6.25. The molecule has 6 heteroatoms. The van der Waals surface area contributed by atoms with Crippen LogP contribution in [0.25, 0.3) is 0 Å². The Hall–Kier alpha value is -2.86. The first-order valence-electron chi connectivity index (χ1n) is 8.63. The van der Waals surface area contributed by atoms with Gasteiger partial charge in [0.25, 0.3) is 0 Å². The summed E-state index contributed by atoms with van der Waals surface area (Å²) in [6.07, 6.45) is 7.74. The maximum Gasteiger partial charge on any atom is 0.302 e. The van der Waals surface area contributed by atoms with E-state index in [1.807, 2.05) is 12.2 Å². The lowest BCUT2D eigenvalue weighted by atomic mass is 9.39. The molecule has 0 amide bonds. The fourth-order valence-corrected chi connectivity index (χ4v) is 5.33. The van der Waals surface area contributed by atoms with Crippen LogP contribution in [0.2, 0.25) is 0 Å². The molecule has 4 aliphatic rings. The first-order chi connectivity index (χ1) is 12.3. The van der Waals surface area contributed by atoms with Crippen LogP contribution in [-0.4, -0.2) is 24.1 Å². The molecule has 0 N–H and O–H groups in total. The second kappa shape index (κ2) is 5.08. The number of esters is 2. The van der Waals surface area contributed by atoms with Gasteiger partial charge in [-0.15, -0.1) is 0 Å². The topological polar surface area (TPSA) is 100 Å². The lowest BCUT2D eigenvalue weighted by molar-refractivity contribution is -0.173. The van der Waals surface area contributed by atoms with Crippen molar-refractivity contribution < 1.29 is 19.1 Å². The smallest absolute Gasteiger partial charge is 0.302 e. The minimum Gasteiger partial charge on any atom is -0.461 e. The number of allylic oxidation sites excluding steroid dienone is 2. The Balaban J connectivity index is 1.93. The Morgan fingerprint density at radius 3 is 2.38 bits per heavy atom. The van der Waals surface area contributed by atoms with Gasteiger partial charge in [0.05, 0.1) is 23.0 Å². The van der Waals surface area contributed by atoms with Gasteiger partial charge in [0, 0.05) is 26.7 Å². The van der Waals surface area contributed by atoms with Crippen molar-refractivity contribution in [2.45, 2.75) is 45.3 Å². The fourth-order valence-electron chi connectivity index (χ4n) is 5.33. The molecular weight excluding hydrogens is 332 g/mol. The molecule has 0 heterocycles. The first kappa shape index (κ1) is 16.6. The molecule has 0 saturated heterocycles. The van der Waals surface area contributed by atoms with Crippen LogP contribution < -0.4 is 0 Å². The number of rotatable bonds is 2. The van der Waals surface area contributed by atoms with E-state index in [9.17, 15) is 20.1 Å². The molecule has 1 unspecified atom stereocenters. The molecule has 1 spiro atoms. The lowest BCUT2D eigenvalue weighted by Crippen LogP contribution is -2.66. The Morgan fingerprint density at radius 1 is 1.08 bits per heavy atom. The van der Waals surface area contributed by atoms with Crippen LogP contribution in [0, 0.1) is 38.9 Å². The minimum absolute atomic E-state index is 0.389. The van der Waals surface area contributed by atoms with E-state index in [-0.39, 0.29) is 0 Å². The summed E-state index contributed by atoms with van der Waals surface area (Å²) in [6.45, 7) is 2.67. The van der Waals surface area contributed by atoms with Crippen molar-refractivity contribution >= 4 is 11.9 Å². The summed E-state index contributed by atoms with van der Waals surface area (Å²) in [5.41, 5.74) is -1.04. The van der Waals surface area contributed by atoms with Crippen molar-refractivity contribution in [1.29, 1.82) is 10.5 Å². The van der Waals surface area contributed by atoms with Gasteiger partial charge in [-0.3, -0.25) is 9.59 Å². The number of nitriles is 2. The van der Waals surface area contributed by atoms with Gasteiger partial charge in [-0.25, -0.2) is 0 Å². The third kappa shape index (κ3) is 1.69. The van der Waals surface area contributed by atoms with E-state index in [1.54, 1.807) is 12.2 Å². The van der Waals surface area contributed by atoms with Gasteiger partial charge in [0.15, 0.2) is 0 Å². The van der Waals surface area contributed by atoms with E-state index < -0.39 is 40.4 Å². The summed E-state index contributed by atoms with van der Waals surface area (Å²) in [5.74, 6) is -0.856. The normalized spacial score (nSPS) is 41.2. The average Bonchev–Trinajstić information content (AvgIpc) is 2.90. The van der Waals surface area contributed by atoms with Crippen LogP contribution in [0.3, 0.4) is 0 Å². The molecule has 0 aromatic carbocycles. The maximum atomic E-state index is 11.6. The van der Waals surface area contributed by atoms with Crippen LogP contribution in [0.4, 0.5) is 0 Å². The highest BCUT2D eigenvalue weighted by Crippen LogP contribution is 2.73. The van der Waals surface area contributed by atoms with Gasteiger partial charge in [-0.1, -0.05) is 29.9 Å². The Labute approximate surface area is 151 Å². The molecule has 0 radical (unpaired) electrons. The van der Waals surface area contributed by atoms with Crippen molar-refractivity contribution in [2.24, 2.45) is 16.2 Å². The number of nitrogens with zero attached hydrogens (tertiary/aromatic N) is 2. The highest BCUT2D eigenvalue weighted by molar-refractivity contribution is 5.70. The molecule has 132 valence electrons. The second-order valence-electron chi connectivity index (χ2n) is 7.46. The van der Waals surface area contributed by atoms with E-state index in [1.165, 1.54) is 13.8 Å². The molecule has 0 bridgehead atoms. The van der Waals surface area contributed by atoms with Crippen LogP contribution in [0.1, 0.15) is 33.1 Å². The zero-order valence-corrected chi connectivity index (χ0v) is 14.6. The van der Waals surface area contributed by atoms with Gasteiger partial charge in [0.2, 0.25) is 0 Å². The monoisotopic (exact) mass is 350 g/mol. The lowest BCUT2D eigenvalue weighted by Gasteiger charge is -2.63. The highest BCUT2D eigenvalue weighted by atomic mass is 16.5. The van der Waals surface area contributed by atoms with Crippen molar-refractivity contribution in [3.63, 3.8) is 0 Å². The first-order valence-corrected chi connectivity index (χ1v) is 8.63. The van der Waals surface area contributed by atoms with Gasteiger partial charge < -0.3 is 9.47 Å². The number of hydrogen-bond donors (Lipinski definition) is 0. The summed E-state index contributed by atoms with van der Waals surface area (Å²) in [4.78, 5) is 23.2. The summed E-state index contributed by atoms with van der Waals surface area (Å²) >= 11 is 0. The maximum absolute atomic E-state index is 11.6. The fraction of sp³-hybridized carbons (Fsp3) is 0.500. The minimum atomic E-state index is -1.12. The van der Waals surface area contributed by atoms with Crippen LogP contribution in [0.15, 0.2) is 35.5 Å². The van der Waals surface area contributed by atoms with Crippen molar-refractivity contribution in [1.82, 2.24) is 0 Å². The number of ether oxygens (including phenoxy) is 2. The quantitative estimate of drug-likeness (QED) is 0.560. The SMILES string of the molecule is CC(=O)OC1C[C@@]2(C#N)C=C[C@@]3(C#N)C4=C(CC=C[C@]412)C[C@H]3OC(C)=O. The molecular formula is C20H18N2O4. The Bertz CT molecular complexity index is 902. The van der Waals surface area contributed by atoms with Gasteiger partial charge in [0.1, 0.15) is 17.6 Å². The predicted octanol–water partition coefficient (Wildman–Crippen LogP) is 2.49.